The van der Waals surface area contributed by atoms with Gasteiger partial charge in [-0.3, -0.25) is 14.9 Å². The highest BCUT2D eigenvalue weighted by molar-refractivity contribution is 14.0. The summed E-state index contributed by atoms with van der Waals surface area (Å²) in [5.74, 6) is 1.67. The van der Waals surface area contributed by atoms with E-state index in [1.54, 1.807) is 18.7 Å². The Hall–Kier alpha value is -2.43. The maximum absolute atomic E-state index is 10.5. The number of pyridine rings is 1. The van der Waals surface area contributed by atoms with E-state index >= 15 is 0 Å². The van der Waals surface area contributed by atoms with Crippen molar-refractivity contribution in [3.8, 4) is 0 Å². The van der Waals surface area contributed by atoms with E-state index in [2.05, 4.69) is 55.8 Å². The van der Waals surface area contributed by atoms with Crippen molar-refractivity contribution < 1.29 is 9.52 Å². The molecular weight excluding hydrogens is 541 g/mol. The Bertz CT molecular complexity index is 961. The molecule has 182 valence electrons. The van der Waals surface area contributed by atoms with Crippen LogP contribution < -0.4 is 10.6 Å². The minimum atomic E-state index is -0.663. The molecule has 7 nitrogen and oxygen atoms in total. The van der Waals surface area contributed by atoms with Crippen molar-refractivity contribution in [2.45, 2.75) is 38.0 Å². The number of aliphatic hydroxyl groups excluding tert-OH is 1. The summed E-state index contributed by atoms with van der Waals surface area (Å²) in [4.78, 5) is 11.2. The molecule has 3 heterocycles. The summed E-state index contributed by atoms with van der Waals surface area (Å²) in [5, 5.41) is 17.5. The number of aromatic nitrogens is 1. The molecule has 8 heteroatoms. The van der Waals surface area contributed by atoms with E-state index in [0.717, 1.165) is 56.2 Å². The van der Waals surface area contributed by atoms with Crippen LogP contribution in [0.15, 0.2) is 82.7 Å². The number of halogens is 1. The first-order valence-corrected chi connectivity index (χ1v) is 11.7. The Kier molecular flexibility index (Phi) is 10.8. The second-order valence-corrected chi connectivity index (χ2v) is 8.42. The van der Waals surface area contributed by atoms with Crippen molar-refractivity contribution in [3.63, 3.8) is 0 Å². The highest BCUT2D eigenvalue weighted by Crippen LogP contribution is 2.15. The van der Waals surface area contributed by atoms with Gasteiger partial charge in [-0.15, -0.1) is 24.0 Å². The number of likely N-dealkylation sites (tertiary alicyclic amines) is 1. The summed E-state index contributed by atoms with van der Waals surface area (Å²) in [7, 11) is 0. The fourth-order valence-corrected chi connectivity index (χ4v) is 4.05. The maximum atomic E-state index is 10.5. The number of aliphatic hydroxyl groups is 1. The van der Waals surface area contributed by atoms with Crippen LogP contribution in [0.25, 0.3) is 0 Å². The second-order valence-electron chi connectivity index (χ2n) is 8.42. The lowest BCUT2D eigenvalue weighted by molar-refractivity contribution is 0.186. The average Bonchev–Trinajstić information content (AvgIpc) is 3.38. The summed E-state index contributed by atoms with van der Waals surface area (Å²) in [6.07, 6.45) is 7.28. The first kappa shape index (κ1) is 26.2. The van der Waals surface area contributed by atoms with Crippen LogP contribution >= 0.6 is 24.0 Å². The average molecular weight is 575 g/mol. The summed E-state index contributed by atoms with van der Waals surface area (Å²) in [5.41, 5.74) is 2.17. The molecule has 1 aliphatic heterocycles. The quantitative estimate of drug-likeness (QED) is 0.205. The molecule has 1 fully saturated rings. The number of nitrogens with zero attached hydrogens (tertiary/aromatic N) is 3. The van der Waals surface area contributed by atoms with E-state index in [1.165, 1.54) is 5.56 Å². The zero-order valence-corrected chi connectivity index (χ0v) is 21.7. The largest absolute Gasteiger partial charge is 0.469 e. The van der Waals surface area contributed by atoms with Crippen LogP contribution in [-0.2, 0) is 13.0 Å². The van der Waals surface area contributed by atoms with Crippen molar-refractivity contribution in [1.29, 1.82) is 0 Å². The van der Waals surface area contributed by atoms with Gasteiger partial charge in [0.1, 0.15) is 5.76 Å². The van der Waals surface area contributed by atoms with Crippen LogP contribution in [-0.4, -0.2) is 53.2 Å². The van der Waals surface area contributed by atoms with Gasteiger partial charge in [-0.1, -0.05) is 30.3 Å². The van der Waals surface area contributed by atoms with Gasteiger partial charge >= 0.3 is 0 Å². The molecule has 0 radical (unpaired) electrons. The topological polar surface area (TPSA) is 85.9 Å². The van der Waals surface area contributed by atoms with Crippen LogP contribution in [0.2, 0.25) is 0 Å². The minimum Gasteiger partial charge on any atom is -0.469 e. The highest BCUT2D eigenvalue weighted by Gasteiger charge is 2.20. The minimum absolute atomic E-state index is 0. The third kappa shape index (κ3) is 8.41. The van der Waals surface area contributed by atoms with E-state index in [1.807, 2.05) is 24.3 Å². The molecule has 0 bridgehead atoms. The molecule has 1 atom stereocenters. The number of benzene rings is 1. The smallest absolute Gasteiger partial charge is 0.191 e. The van der Waals surface area contributed by atoms with Gasteiger partial charge in [0.15, 0.2) is 5.96 Å². The molecule has 0 aliphatic carbocycles. The fourth-order valence-electron chi connectivity index (χ4n) is 4.05. The molecular formula is C26H34IN5O2. The van der Waals surface area contributed by atoms with Crippen molar-refractivity contribution in [2.24, 2.45) is 4.99 Å². The number of aliphatic imine (C=N–C) groups is 1. The summed E-state index contributed by atoms with van der Waals surface area (Å²) >= 11 is 0. The Morgan fingerprint density at radius 1 is 1.09 bits per heavy atom. The molecule has 0 saturated carbocycles. The Morgan fingerprint density at radius 2 is 1.85 bits per heavy atom. The predicted octanol–water partition coefficient (Wildman–Crippen LogP) is 3.77. The van der Waals surface area contributed by atoms with Gasteiger partial charge in [0.05, 0.1) is 18.9 Å². The van der Waals surface area contributed by atoms with Crippen molar-refractivity contribution in [3.05, 3.63) is 90.1 Å². The van der Waals surface area contributed by atoms with E-state index in [9.17, 15) is 5.11 Å². The molecule has 1 aliphatic rings. The Balaban J connectivity index is 0.00000324. The number of furan rings is 1. The molecule has 1 saturated heterocycles. The van der Waals surface area contributed by atoms with Gasteiger partial charge in [-0.2, -0.15) is 0 Å². The molecule has 2 aromatic heterocycles. The third-order valence-electron chi connectivity index (χ3n) is 5.93. The zero-order chi connectivity index (χ0) is 22.7. The molecule has 1 unspecified atom stereocenters. The standard InChI is InChI=1S/C26H33N5O2.HI/c32-25(22-8-13-27-14-9-22)19-29-26(28-15-10-24-7-4-18-33-24)30-23-11-16-31(17-12-23)20-21-5-2-1-3-6-21;/h1-9,13-14,18,23,25,32H,10-12,15-17,19-20H2,(H2,28,29,30);1H. The third-order valence-corrected chi connectivity index (χ3v) is 5.93. The lowest BCUT2D eigenvalue weighted by atomic mass is 10.0. The van der Waals surface area contributed by atoms with Gasteiger partial charge in [0, 0.05) is 51.0 Å². The van der Waals surface area contributed by atoms with Gasteiger partial charge < -0.3 is 20.2 Å². The van der Waals surface area contributed by atoms with E-state index in [0.29, 0.717) is 12.6 Å². The lowest BCUT2D eigenvalue weighted by Gasteiger charge is -2.33. The van der Waals surface area contributed by atoms with Crippen LogP contribution in [0.5, 0.6) is 0 Å². The molecule has 0 amide bonds. The number of rotatable bonds is 9. The van der Waals surface area contributed by atoms with Gasteiger partial charge in [-0.05, 0) is 48.2 Å². The highest BCUT2D eigenvalue weighted by atomic mass is 127. The maximum Gasteiger partial charge on any atom is 0.191 e. The van der Waals surface area contributed by atoms with Crippen LogP contribution in [0.1, 0.15) is 35.8 Å². The normalized spacial score (nSPS) is 16.0. The summed E-state index contributed by atoms with van der Waals surface area (Å²) < 4.78 is 5.43. The van der Waals surface area contributed by atoms with Gasteiger partial charge in [0.2, 0.25) is 0 Å². The number of guanidine groups is 1. The summed E-state index contributed by atoms with van der Waals surface area (Å²) in [6, 6.07) is 18.5. The molecule has 34 heavy (non-hydrogen) atoms. The van der Waals surface area contributed by atoms with Crippen molar-refractivity contribution >= 4 is 29.9 Å². The van der Waals surface area contributed by atoms with Gasteiger partial charge in [0.25, 0.3) is 0 Å². The first-order valence-electron chi connectivity index (χ1n) is 11.7. The molecule has 1 aromatic carbocycles. The molecule has 4 rings (SSSR count). The number of nitrogens with one attached hydrogen (secondary N) is 2. The van der Waals surface area contributed by atoms with Crippen molar-refractivity contribution in [2.75, 3.05) is 26.2 Å². The second kappa shape index (κ2) is 14.1. The first-order chi connectivity index (χ1) is 16.3. The van der Waals surface area contributed by atoms with Crippen LogP contribution in [0, 0.1) is 0 Å². The lowest BCUT2D eigenvalue weighted by Crippen LogP contribution is -2.49. The van der Waals surface area contributed by atoms with E-state index in [4.69, 9.17) is 4.42 Å². The molecule has 0 spiro atoms. The SMILES string of the molecule is I.OC(CN=C(NCCc1ccco1)NC1CCN(Cc2ccccc2)CC1)c1ccncc1. The number of piperidine rings is 1. The van der Waals surface area contributed by atoms with Crippen molar-refractivity contribution in [1.82, 2.24) is 20.5 Å². The Morgan fingerprint density at radius 3 is 2.56 bits per heavy atom. The Labute approximate surface area is 218 Å². The van der Waals surface area contributed by atoms with E-state index < -0.39 is 6.10 Å². The monoisotopic (exact) mass is 575 g/mol. The predicted molar refractivity (Wildman–Crippen MR) is 145 cm³/mol. The number of hydrogen-bond acceptors (Lipinski definition) is 5. The van der Waals surface area contributed by atoms with Crippen LogP contribution in [0.3, 0.4) is 0 Å². The summed E-state index contributed by atoms with van der Waals surface area (Å²) in [6.45, 7) is 4.08. The zero-order valence-electron chi connectivity index (χ0n) is 19.3. The molecule has 3 N–H and O–H groups in total. The fraction of sp³-hybridized carbons (Fsp3) is 0.385. The van der Waals surface area contributed by atoms with Gasteiger partial charge in [-0.25, -0.2) is 0 Å². The van der Waals surface area contributed by atoms with E-state index in [-0.39, 0.29) is 30.5 Å². The number of hydrogen-bond donors (Lipinski definition) is 3. The van der Waals surface area contributed by atoms with Crippen LogP contribution in [0.4, 0.5) is 0 Å². The molecule has 3 aromatic rings.